The van der Waals surface area contributed by atoms with Crippen LogP contribution in [0.2, 0.25) is 0 Å². The van der Waals surface area contributed by atoms with Gasteiger partial charge < -0.3 is 5.32 Å². The van der Waals surface area contributed by atoms with Crippen LogP contribution >= 0.6 is 11.3 Å². The van der Waals surface area contributed by atoms with Crippen LogP contribution in [-0.4, -0.2) is 15.2 Å². The summed E-state index contributed by atoms with van der Waals surface area (Å²) in [5, 5.41) is 15.4. The second-order valence-corrected chi connectivity index (χ2v) is 9.81. The van der Waals surface area contributed by atoms with E-state index in [0.717, 1.165) is 38.9 Å². The van der Waals surface area contributed by atoms with Gasteiger partial charge in [-0.05, 0) is 60.6 Å². The summed E-state index contributed by atoms with van der Waals surface area (Å²) in [7, 11) is 0. The van der Waals surface area contributed by atoms with Gasteiger partial charge in [0.05, 0.1) is 11.4 Å². The summed E-state index contributed by atoms with van der Waals surface area (Å²) >= 11 is 1.68. The van der Waals surface area contributed by atoms with Crippen LogP contribution in [0.3, 0.4) is 0 Å². The first-order valence-electron chi connectivity index (χ1n) is 12.1. The van der Waals surface area contributed by atoms with Crippen molar-refractivity contribution in [3.05, 3.63) is 107 Å². The molecule has 5 aromatic rings. The monoisotopic (exact) mass is 474 g/mol. The first kappa shape index (κ1) is 21.7. The Kier molecular flexibility index (Phi) is 6.07. The van der Waals surface area contributed by atoms with Gasteiger partial charge in [0.15, 0.2) is 0 Å². The fraction of sp³-hybridized carbons (Fsp3) is 0.167. The van der Waals surface area contributed by atoms with Crippen LogP contribution in [0.4, 0.5) is 5.82 Å². The molecule has 0 saturated carbocycles. The highest BCUT2D eigenvalue weighted by Gasteiger charge is 2.11. The number of hydrogen-bond donors (Lipinski definition) is 1. The highest BCUT2D eigenvalue weighted by atomic mass is 32.1. The van der Waals surface area contributed by atoms with Crippen LogP contribution in [0.5, 0.6) is 0 Å². The van der Waals surface area contributed by atoms with Crippen molar-refractivity contribution in [2.75, 3.05) is 5.32 Å². The summed E-state index contributed by atoms with van der Waals surface area (Å²) in [6, 6.07) is 29.6. The molecule has 35 heavy (non-hydrogen) atoms. The van der Waals surface area contributed by atoms with Gasteiger partial charge in [-0.1, -0.05) is 66.7 Å². The third-order valence-corrected chi connectivity index (χ3v) is 7.45. The second kappa shape index (κ2) is 9.80. The van der Waals surface area contributed by atoms with E-state index >= 15 is 0 Å². The van der Waals surface area contributed by atoms with Crippen LogP contribution in [0.15, 0.2) is 90.3 Å². The SMILES string of the molecule is c1ccc(-c2csc(-c3ccc(CNc4ccc(-c5ccc6c(c5)CCCC6)nn4)cc3)n2)cc1. The van der Waals surface area contributed by atoms with E-state index in [9.17, 15) is 0 Å². The fourth-order valence-corrected chi connectivity index (χ4v) is 5.41. The molecule has 1 aliphatic rings. The Bertz CT molecular complexity index is 1420. The molecule has 0 spiro atoms. The maximum absolute atomic E-state index is 4.82. The Morgan fingerprint density at radius 2 is 1.49 bits per heavy atom. The molecular weight excluding hydrogens is 448 g/mol. The zero-order valence-corrected chi connectivity index (χ0v) is 20.3. The van der Waals surface area contributed by atoms with E-state index < -0.39 is 0 Å². The number of thiazole rings is 1. The van der Waals surface area contributed by atoms with Crippen LogP contribution in [0, 0.1) is 0 Å². The quantitative estimate of drug-likeness (QED) is 0.278. The summed E-state index contributed by atoms with van der Waals surface area (Å²) < 4.78 is 0. The van der Waals surface area contributed by atoms with Gasteiger partial charge in [0.1, 0.15) is 10.8 Å². The molecule has 2 aromatic heterocycles. The van der Waals surface area contributed by atoms with Gasteiger partial charge in [0.25, 0.3) is 0 Å². The van der Waals surface area contributed by atoms with E-state index in [0.29, 0.717) is 6.54 Å². The van der Waals surface area contributed by atoms with Crippen molar-refractivity contribution in [3.8, 4) is 33.1 Å². The fourth-order valence-electron chi connectivity index (χ4n) is 4.58. The Morgan fingerprint density at radius 1 is 0.686 bits per heavy atom. The molecule has 0 unspecified atom stereocenters. The van der Waals surface area contributed by atoms with Crippen LogP contribution in [0.1, 0.15) is 29.5 Å². The summed E-state index contributed by atoms with van der Waals surface area (Å²) in [4.78, 5) is 4.82. The minimum atomic E-state index is 0.695. The molecule has 1 N–H and O–H groups in total. The van der Waals surface area contributed by atoms with E-state index in [-0.39, 0.29) is 0 Å². The highest BCUT2D eigenvalue weighted by molar-refractivity contribution is 7.13. The molecule has 4 nitrogen and oxygen atoms in total. The number of benzene rings is 3. The summed E-state index contributed by atoms with van der Waals surface area (Å²) in [5.41, 5.74) is 9.52. The minimum Gasteiger partial charge on any atom is -0.365 e. The standard InChI is InChI=1S/C30H26N4S/c1-2-7-23(8-3-1)28-20-35-30(32-28)24-12-10-21(11-13-24)19-31-29-17-16-27(33-34-29)26-15-14-22-6-4-5-9-25(22)18-26/h1-3,7-8,10-18,20H,4-6,9,19H2,(H,31,34). The molecule has 0 atom stereocenters. The number of hydrogen-bond acceptors (Lipinski definition) is 5. The van der Waals surface area contributed by atoms with Crippen molar-refractivity contribution < 1.29 is 0 Å². The number of rotatable bonds is 6. The molecule has 0 radical (unpaired) electrons. The normalized spacial score (nSPS) is 12.8. The number of fused-ring (bicyclic) bond motifs is 1. The van der Waals surface area contributed by atoms with Gasteiger partial charge in [-0.3, -0.25) is 0 Å². The average molecular weight is 475 g/mol. The lowest BCUT2D eigenvalue weighted by Crippen LogP contribution is -2.04. The maximum atomic E-state index is 4.82. The third kappa shape index (κ3) is 4.86. The van der Waals surface area contributed by atoms with Gasteiger partial charge in [-0.2, -0.15) is 0 Å². The third-order valence-electron chi connectivity index (χ3n) is 6.56. The molecular formula is C30H26N4S. The topological polar surface area (TPSA) is 50.7 Å². The second-order valence-electron chi connectivity index (χ2n) is 8.95. The smallest absolute Gasteiger partial charge is 0.148 e. The van der Waals surface area contributed by atoms with E-state index in [2.05, 4.69) is 81.6 Å². The average Bonchev–Trinajstić information content (AvgIpc) is 3.43. The zero-order valence-electron chi connectivity index (χ0n) is 19.4. The maximum Gasteiger partial charge on any atom is 0.148 e. The van der Waals surface area contributed by atoms with E-state index in [4.69, 9.17) is 4.98 Å². The lowest BCUT2D eigenvalue weighted by Gasteiger charge is -2.16. The Balaban J connectivity index is 1.09. The van der Waals surface area contributed by atoms with Gasteiger partial charge >= 0.3 is 0 Å². The lowest BCUT2D eigenvalue weighted by molar-refractivity contribution is 0.686. The molecule has 0 bridgehead atoms. The number of nitrogens with one attached hydrogen (secondary N) is 1. The number of nitrogens with zero attached hydrogens (tertiary/aromatic N) is 3. The van der Waals surface area contributed by atoms with Gasteiger partial charge in [0.2, 0.25) is 0 Å². The zero-order chi connectivity index (χ0) is 23.5. The number of aryl methyl sites for hydroxylation is 2. The van der Waals surface area contributed by atoms with Crippen molar-refractivity contribution in [1.82, 2.24) is 15.2 Å². The Labute approximate surface area is 209 Å². The van der Waals surface area contributed by atoms with Crippen molar-refractivity contribution in [2.24, 2.45) is 0 Å². The van der Waals surface area contributed by atoms with Gasteiger partial charge in [-0.25, -0.2) is 4.98 Å². The highest BCUT2D eigenvalue weighted by Crippen LogP contribution is 2.29. The summed E-state index contributed by atoms with van der Waals surface area (Å²) in [6.45, 7) is 0.695. The van der Waals surface area contributed by atoms with Crippen LogP contribution in [0.25, 0.3) is 33.1 Å². The molecule has 3 aromatic carbocycles. The molecule has 1 aliphatic carbocycles. The van der Waals surface area contributed by atoms with E-state index in [1.807, 2.05) is 24.3 Å². The lowest BCUT2D eigenvalue weighted by atomic mass is 9.90. The predicted octanol–water partition coefficient (Wildman–Crippen LogP) is 7.43. The van der Waals surface area contributed by atoms with E-state index in [1.165, 1.54) is 42.4 Å². The Hall–Kier alpha value is -3.83. The molecule has 0 saturated heterocycles. The summed E-state index contributed by atoms with van der Waals surface area (Å²) in [6.07, 6.45) is 4.95. The van der Waals surface area contributed by atoms with Crippen LogP contribution < -0.4 is 5.32 Å². The molecule has 5 heteroatoms. The molecule has 0 amide bonds. The molecule has 6 rings (SSSR count). The van der Waals surface area contributed by atoms with Crippen molar-refractivity contribution in [1.29, 1.82) is 0 Å². The first-order valence-corrected chi connectivity index (χ1v) is 13.0. The van der Waals surface area contributed by atoms with Crippen molar-refractivity contribution in [3.63, 3.8) is 0 Å². The predicted molar refractivity (Wildman–Crippen MR) is 144 cm³/mol. The Morgan fingerprint density at radius 3 is 2.29 bits per heavy atom. The number of aromatic nitrogens is 3. The molecule has 2 heterocycles. The first-order chi connectivity index (χ1) is 17.3. The summed E-state index contributed by atoms with van der Waals surface area (Å²) in [5.74, 6) is 0.781. The number of anilines is 1. The largest absolute Gasteiger partial charge is 0.365 e. The van der Waals surface area contributed by atoms with Crippen molar-refractivity contribution in [2.45, 2.75) is 32.2 Å². The molecule has 0 aliphatic heterocycles. The van der Waals surface area contributed by atoms with Crippen molar-refractivity contribution >= 4 is 17.2 Å². The van der Waals surface area contributed by atoms with Crippen LogP contribution in [-0.2, 0) is 19.4 Å². The van der Waals surface area contributed by atoms with Gasteiger partial charge in [-0.15, -0.1) is 21.5 Å². The molecule has 172 valence electrons. The molecule has 0 fully saturated rings. The van der Waals surface area contributed by atoms with Gasteiger partial charge in [0, 0.05) is 28.6 Å². The minimum absolute atomic E-state index is 0.695. The van der Waals surface area contributed by atoms with E-state index in [1.54, 1.807) is 11.3 Å².